The highest BCUT2D eigenvalue weighted by Crippen LogP contribution is 2.17. The second-order valence-corrected chi connectivity index (χ2v) is 6.30. The molecule has 0 spiro atoms. The quantitative estimate of drug-likeness (QED) is 0.749. The van der Waals surface area contributed by atoms with Crippen LogP contribution in [0.25, 0.3) is 0 Å². The third-order valence-corrected chi connectivity index (χ3v) is 4.34. The summed E-state index contributed by atoms with van der Waals surface area (Å²) in [4.78, 5) is 12.1. The van der Waals surface area contributed by atoms with Gasteiger partial charge < -0.3 is 10.6 Å². The van der Waals surface area contributed by atoms with Gasteiger partial charge >= 0.3 is 0 Å². The van der Waals surface area contributed by atoms with Crippen LogP contribution in [0, 0.1) is 0 Å². The number of carbonyl (C=O) groups excluding carboxylic acids is 1. The van der Waals surface area contributed by atoms with Crippen molar-refractivity contribution >= 4 is 34.8 Å². The molecule has 3 nitrogen and oxygen atoms in total. The van der Waals surface area contributed by atoms with Gasteiger partial charge in [-0.15, -0.1) is 0 Å². The Morgan fingerprint density at radius 2 is 1.79 bits per heavy atom. The lowest BCUT2D eigenvalue weighted by Crippen LogP contribution is -2.41. The molecule has 0 saturated carbocycles. The molecule has 2 aromatic carbocycles. The molecule has 1 unspecified atom stereocenters. The Hall–Kier alpha value is -1.91. The molecule has 0 aliphatic heterocycles. The van der Waals surface area contributed by atoms with Gasteiger partial charge in [0.05, 0.1) is 6.04 Å². The Morgan fingerprint density at radius 1 is 1.12 bits per heavy atom. The van der Waals surface area contributed by atoms with E-state index < -0.39 is 0 Å². The van der Waals surface area contributed by atoms with E-state index in [0.717, 1.165) is 17.5 Å². The first kappa shape index (κ1) is 18.4. The first-order valence-corrected chi connectivity index (χ1v) is 8.77. The lowest BCUT2D eigenvalue weighted by Gasteiger charge is -2.19. The molecule has 126 valence electrons. The van der Waals surface area contributed by atoms with Gasteiger partial charge in [0.25, 0.3) is 0 Å². The molecule has 2 aromatic rings. The van der Waals surface area contributed by atoms with E-state index in [-0.39, 0.29) is 11.9 Å². The molecule has 0 aliphatic carbocycles. The van der Waals surface area contributed by atoms with Crippen molar-refractivity contribution in [1.82, 2.24) is 10.6 Å². The number of hydrogen-bond donors (Lipinski definition) is 2. The van der Waals surface area contributed by atoms with Crippen LogP contribution in [0.2, 0.25) is 5.02 Å². The second kappa shape index (κ2) is 9.40. The highest BCUT2D eigenvalue weighted by atomic mass is 35.5. The number of nitrogens with one attached hydrogen (secondary N) is 2. The highest BCUT2D eigenvalue weighted by molar-refractivity contribution is 7.80. The molecule has 1 atom stereocenters. The van der Waals surface area contributed by atoms with Crippen molar-refractivity contribution in [2.45, 2.75) is 32.2 Å². The molecule has 0 radical (unpaired) electrons. The van der Waals surface area contributed by atoms with Gasteiger partial charge in [0, 0.05) is 11.4 Å². The summed E-state index contributed by atoms with van der Waals surface area (Å²) in [6.07, 6.45) is 1.80. The maximum absolute atomic E-state index is 12.1. The average molecular weight is 361 g/mol. The van der Waals surface area contributed by atoms with Crippen LogP contribution < -0.4 is 10.6 Å². The summed E-state index contributed by atoms with van der Waals surface area (Å²) in [5, 5.41) is 6.98. The fraction of sp³-hybridized carbons (Fsp3) is 0.263. The molecule has 0 heterocycles. The topological polar surface area (TPSA) is 41.1 Å². The number of aryl methyl sites for hydroxylation is 1. The molecule has 0 saturated heterocycles. The number of carbonyl (C=O) groups is 1. The van der Waals surface area contributed by atoms with Gasteiger partial charge in [-0.3, -0.25) is 4.79 Å². The molecule has 1 amide bonds. The van der Waals surface area contributed by atoms with Gasteiger partial charge in [0.15, 0.2) is 5.11 Å². The normalized spacial score (nSPS) is 11.6. The van der Waals surface area contributed by atoms with Gasteiger partial charge in [-0.2, -0.15) is 0 Å². The smallest absolute Gasteiger partial charge is 0.226 e. The minimum atomic E-state index is -0.115. The first-order chi connectivity index (χ1) is 11.6. The Labute approximate surface area is 153 Å². The molecule has 0 fully saturated rings. The lowest BCUT2D eigenvalue weighted by molar-refractivity contribution is -0.119. The second-order valence-electron chi connectivity index (χ2n) is 5.48. The van der Waals surface area contributed by atoms with E-state index in [1.807, 2.05) is 54.6 Å². The van der Waals surface area contributed by atoms with Crippen molar-refractivity contribution in [3.05, 3.63) is 70.7 Å². The third-order valence-electron chi connectivity index (χ3n) is 3.75. The van der Waals surface area contributed by atoms with E-state index in [9.17, 15) is 4.79 Å². The van der Waals surface area contributed by atoms with Gasteiger partial charge in [0.1, 0.15) is 0 Å². The number of halogens is 1. The number of hydrogen-bond acceptors (Lipinski definition) is 2. The van der Waals surface area contributed by atoms with Crippen LogP contribution in [-0.2, 0) is 11.2 Å². The fourth-order valence-electron chi connectivity index (χ4n) is 2.44. The summed E-state index contributed by atoms with van der Waals surface area (Å²) in [5.74, 6) is -0.115. The fourth-order valence-corrected chi connectivity index (χ4v) is 2.93. The molecular formula is C19H21ClN2OS. The first-order valence-electron chi connectivity index (χ1n) is 7.99. The summed E-state index contributed by atoms with van der Waals surface area (Å²) in [6.45, 7) is 2.08. The van der Waals surface area contributed by atoms with Crippen molar-refractivity contribution in [3.63, 3.8) is 0 Å². The predicted octanol–water partition coefficient (Wildman–Crippen LogP) is 4.41. The zero-order valence-electron chi connectivity index (χ0n) is 13.6. The summed E-state index contributed by atoms with van der Waals surface area (Å²) in [7, 11) is 0. The van der Waals surface area contributed by atoms with E-state index in [0.29, 0.717) is 23.0 Å². The zero-order chi connectivity index (χ0) is 17.4. The molecule has 0 aromatic heterocycles. The standard InChI is InChI=1S/C19H21ClN2OS/c1-2-17(15-9-4-3-5-10-15)21-19(24)22-18(23)13-12-14-8-6-7-11-16(14)20/h3-11,17H,2,12-13H2,1H3,(H2,21,22,23,24). The molecule has 5 heteroatoms. The van der Waals surface area contributed by atoms with Crippen molar-refractivity contribution in [3.8, 4) is 0 Å². The Bertz CT molecular complexity index is 691. The number of amides is 1. The molecule has 2 rings (SSSR count). The van der Waals surface area contributed by atoms with Crippen LogP contribution in [0.4, 0.5) is 0 Å². The zero-order valence-corrected chi connectivity index (χ0v) is 15.2. The largest absolute Gasteiger partial charge is 0.356 e. The third kappa shape index (κ3) is 5.62. The summed E-state index contributed by atoms with van der Waals surface area (Å²) in [5.41, 5.74) is 2.11. The minimum Gasteiger partial charge on any atom is -0.356 e. The summed E-state index contributed by atoms with van der Waals surface area (Å²) >= 11 is 11.4. The van der Waals surface area contributed by atoms with Gasteiger partial charge in [-0.25, -0.2) is 0 Å². The van der Waals surface area contributed by atoms with Crippen molar-refractivity contribution in [2.24, 2.45) is 0 Å². The van der Waals surface area contributed by atoms with Gasteiger partial charge in [0.2, 0.25) is 5.91 Å². The van der Waals surface area contributed by atoms with Crippen molar-refractivity contribution in [1.29, 1.82) is 0 Å². The maximum atomic E-state index is 12.1. The number of benzene rings is 2. The van der Waals surface area contributed by atoms with Gasteiger partial charge in [-0.05, 0) is 42.3 Å². The van der Waals surface area contributed by atoms with E-state index in [1.165, 1.54) is 0 Å². The van der Waals surface area contributed by atoms with Crippen LogP contribution in [0.15, 0.2) is 54.6 Å². The maximum Gasteiger partial charge on any atom is 0.226 e. The average Bonchev–Trinajstić information content (AvgIpc) is 2.59. The van der Waals surface area contributed by atoms with E-state index >= 15 is 0 Å². The lowest BCUT2D eigenvalue weighted by atomic mass is 10.1. The molecule has 0 aliphatic rings. The van der Waals surface area contributed by atoms with E-state index in [2.05, 4.69) is 17.6 Å². The molecule has 24 heavy (non-hydrogen) atoms. The number of rotatable bonds is 6. The highest BCUT2D eigenvalue weighted by Gasteiger charge is 2.12. The van der Waals surface area contributed by atoms with Crippen LogP contribution in [0.5, 0.6) is 0 Å². The van der Waals surface area contributed by atoms with Crippen LogP contribution >= 0.6 is 23.8 Å². The molecular weight excluding hydrogens is 340 g/mol. The van der Waals surface area contributed by atoms with Crippen LogP contribution in [0.3, 0.4) is 0 Å². The number of thiocarbonyl (C=S) groups is 1. The Kier molecular flexibility index (Phi) is 7.22. The van der Waals surface area contributed by atoms with Crippen LogP contribution in [0.1, 0.15) is 36.9 Å². The van der Waals surface area contributed by atoms with E-state index in [1.54, 1.807) is 0 Å². The van der Waals surface area contributed by atoms with Crippen LogP contribution in [-0.4, -0.2) is 11.0 Å². The monoisotopic (exact) mass is 360 g/mol. The SMILES string of the molecule is CCC(NC(=S)NC(=O)CCc1ccccc1Cl)c1ccccc1. The minimum absolute atomic E-state index is 0.0857. The summed E-state index contributed by atoms with van der Waals surface area (Å²) < 4.78 is 0. The Balaban J connectivity index is 1.83. The molecule has 0 bridgehead atoms. The predicted molar refractivity (Wildman–Crippen MR) is 103 cm³/mol. The van der Waals surface area contributed by atoms with E-state index in [4.69, 9.17) is 23.8 Å². The van der Waals surface area contributed by atoms with Crippen molar-refractivity contribution in [2.75, 3.05) is 0 Å². The van der Waals surface area contributed by atoms with Crippen molar-refractivity contribution < 1.29 is 4.79 Å². The molecule has 2 N–H and O–H groups in total. The summed E-state index contributed by atoms with van der Waals surface area (Å²) in [6, 6.07) is 17.7. The van der Waals surface area contributed by atoms with Gasteiger partial charge in [-0.1, -0.05) is 67.1 Å². The Morgan fingerprint density at radius 3 is 2.46 bits per heavy atom.